The average Bonchev–Trinajstić information content (AvgIpc) is 2.38. The van der Waals surface area contributed by atoms with E-state index >= 15 is 0 Å². The Morgan fingerprint density at radius 3 is 2.56 bits per heavy atom. The van der Waals surface area contributed by atoms with E-state index in [0.717, 1.165) is 0 Å². The lowest BCUT2D eigenvalue weighted by Crippen LogP contribution is -2.41. The molecule has 0 aliphatic carbocycles. The van der Waals surface area contributed by atoms with Gasteiger partial charge in [-0.05, 0) is 11.8 Å². The highest BCUT2D eigenvalue weighted by molar-refractivity contribution is 6.05. The van der Waals surface area contributed by atoms with Gasteiger partial charge in [0.05, 0.1) is 18.6 Å². The van der Waals surface area contributed by atoms with Crippen molar-refractivity contribution >= 4 is 11.8 Å². The number of aliphatic hydroxyl groups excluding tert-OH is 1. The molecular weight excluding hydrogens is 208 g/mol. The largest absolute Gasteiger partial charge is 0.392 e. The summed E-state index contributed by atoms with van der Waals surface area (Å²) in [5, 5.41) is 14.8. The Morgan fingerprint density at radius 1 is 1.50 bits per heavy atom. The van der Waals surface area contributed by atoms with Crippen molar-refractivity contribution in [2.24, 2.45) is 5.41 Å². The van der Waals surface area contributed by atoms with E-state index in [-0.39, 0.29) is 23.7 Å². The molecule has 1 saturated heterocycles. The van der Waals surface area contributed by atoms with Gasteiger partial charge in [-0.2, -0.15) is 0 Å². The first-order chi connectivity index (χ1) is 7.28. The zero-order valence-electron chi connectivity index (χ0n) is 10.0. The lowest BCUT2D eigenvalue weighted by atomic mass is 9.89. The maximum atomic E-state index is 11.2. The Labute approximate surface area is 95.6 Å². The Hall–Kier alpha value is -0.940. The highest BCUT2D eigenvalue weighted by atomic mass is 16.3. The fraction of sp³-hybridized carbons (Fsp3) is 0.818. The molecule has 1 rings (SSSR count). The SMILES string of the molecule is CC(C)(C)CC(O)CNC1CC(=O)NC1=O. The first-order valence-corrected chi connectivity index (χ1v) is 5.53. The number of carbonyl (C=O) groups excluding carboxylic acids is 2. The Kier molecular flexibility index (Phi) is 4.04. The summed E-state index contributed by atoms with van der Waals surface area (Å²) in [6.07, 6.45) is 0.326. The molecule has 0 saturated carbocycles. The second kappa shape index (κ2) is 4.93. The van der Waals surface area contributed by atoms with Crippen LogP contribution in [0.4, 0.5) is 0 Å². The summed E-state index contributed by atoms with van der Waals surface area (Å²) >= 11 is 0. The molecule has 92 valence electrons. The molecule has 0 aromatic heterocycles. The van der Waals surface area contributed by atoms with E-state index in [4.69, 9.17) is 0 Å². The lowest BCUT2D eigenvalue weighted by molar-refractivity contribution is -0.125. The van der Waals surface area contributed by atoms with Crippen LogP contribution in [0, 0.1) is 5.41 Å². The minimum absolute atomic E-state index is 0.0504. The highest BCUT2D eigenvalue weighted by Crippen LogP contribution is 2.20. The van der Waals surface area contributed by atoms with Gasteiger partial charge in [-0.15, -0.1) is 0 Å². The van der Waals surface area contributed by atoms with Gasteiger partial charge in [-0.1, -0.05) is 20.8 Å². The summed E-state index contributed by atoms with van der Waals surface area (Å²) in [6, 6.07) is -0.484. The maximum absolute atomic E-state index is 11.2. The third-order valence-electron chi connectivity index (χ3n) is 2.42. The molecule has 1 aliphatic heterocycles. The molecule has 0 aromatic carbocycles. The fourth-order valence-electron chi connectivity index (χ4n) is 1.78. The molecule has 2 atom stereocenters. The van der Waals surface area contributed by atoms with Crippen molar-refractivity contribution in [1.29, 1.82) is 0 Å². The van der Waals surface area contributed by atoms with Crippen LogP contribution in [0.25, 0.3) is 0 Å². The van der Waals surface area contributed by atoms with E-state index in [1.165, 1.54) is 0 Å². The number of imide groups is 1. The van der Waals surface area contributed by atoms with Crippen LogP contribution in [0.5, 0.6) is 0 Å². The number of rotatable bonds is 4. The molecule has 0 bridgehead atoms. The summed E-state index contributed by atoms with van der Waals surface area (Å²) in [5.74, 6) is -0.555. The summed E-state index contributed by atoms with van der Waals surface area (Å²) in [4.78, 5) is 22.1. The number of nitrogens with one attached hydrogen (secondary N) is 2. The van der Waals surface area contributed by atoms with Crippen molar-refractivity contribution in [2.75, 3.05) is 6.54 Å². The van der Waals surface area contributed by atoms with Crippen molar-refractivity contribution < 1.29 is 14.7 Å². The molecule has 3 N–H and O–H groups in total. The molecule has 0 radical (unpaired) electrons. The summed E-state index contributed by atoms with van der Waals surface area (Å²) in [6.45, 7) is 6.47. The van der Waals surface area contributed by atoms with Gasteiger partial charge in [0.1, 0.15) is 0 Å². The lowest BCUT2D eigenvalue weighted by Gasteiger charge is -2.23. The van der Waals surface area contributed by atoms with Crippen LogP contribution < -0.4 is 10.6 Å². The molecule has 2 unspecified atom stereocenters. The van der Waals surface area contributed by atoms with Gasteiger partial charge in [0.15, 0.2) is 0 Å². The van der Waals surface area contributed by atoms with Gasteiger partial charge in [0.25, 0.3) is 0 Å². The smallest absolute Gasteiger partial charge is 0.244 e. The molecule has 1 aliphatic rings. The van der Waals surface area contributed by atoms with Gasteiger partial charge >= 0.3 is 0 Å². The molecule has 0 spiro atoms. The third kappa shape index (κ3) is 4.28. The summed E-state index contributed by atoms with van der Waals surface area (Å²) in [7, 11) is 0. The van der Waals surface area contributed by atoms with Gasteiger partial charge < -0.3 is 10.4 Å². The number of aliphatic hydroxyl groups is 1. The Balaban J connectivity index is 2.29. The van der Waals surface area contributed by atoms with Crippen LogP contribution in [0.1, 0.15) is 33.6 Å². The number of carbonyl (C=O) groups is 2. The molecular formula is C11H20N2O3. The fourth-order valence-corrected chi connectivity index (χ4v) is 1.78. The topological polar surface area (TPSA) is 78.4 Å². The second-order valence-corrected chi connectivity index (χ2v) is 5.50. The van der Waals surface area contributed by atoms with Crippen molar-refractivity contribution in [3.63, 3.8) is 0 Å². The van der Waals surface area contributed by atoms with Crippen LogP contribution in [0.15, 0.2) is 0 Å². The minimum atomic E-state index is -0.497. The number of amides is 2. The Bertz CT molecular complexity index is 283. The van der Waals surface area contributed by atoms with E-state index in [0.29, 0.717) is 13.0 Å². The normalized spacial score (nSPS) is 23.4. The van der Waals surface area contributed by atoms with Gasteiger partial charge in [-0.25, -0.2) is 0 Å². The molecule has 1 heterocycles. The minimum Gasteiger partial charge on any atom is -0.392 e. The number of hydrogen-bond acceptors (Lipinski definition) is 4. The van der Waals surface area contributed by atoms with E-state index < -0.39 is 12.1 Å². The first-order valence-electron chi connectivity index (χ1n) is 5.53. The van der Waals surface area contributed by atoms with Crippen LogP contribution >= 0.6 is 0 Å². The first kappa shape index (κ1) is 13.1. The average molecular weight is 228 g/mol. The monoisotopic (exact) mass is 228 g/mol. The standard InChI is InChI=1S/C11H20N2O3/c1-11(2,3)5-7(14)6-12-8-4-9(15)13-10(8)16/h7-8,12,14H,4-6H2,1-3H3,(H,13,15,16). The molecule has 5 heteroatoms. The van der Waals surface area contributed by atoms with Crippen molar-refractivity contribution in [2.45, 2.75) is 45.8 Å². The molecule has 2 amide bonds. The van der Waals surface area contributed by atoms with Crippen molar-refractivity contribution in [3.8, 4) is 0 Å². The quantitative estimate of drug-likeness (QED) is 0.582. The van der Waals surface area contributed by atoms with Crippen LogP contribution in [-0.2, 0) is 9.59 Å². The van der Waals surface area contributed by atoms with E-state index in [1.807, 2.05) is 20.8 Å². The van der Waals surface area contributed by atoms with Crippen LogP contribution in [0.3, 0.4) is 0 Å². The molecule has 0 aromatic rings. The predicted octanol–water partition coefficient (Wildman–Crippen LogP) is -0.212. The van der Waals surface area contributed by atoms with Crippen LogP contribution in [0.2, 0.25) is 0 Å². The van der Waals surface area contributed by atoms with Crippen LogP contribution in [-0.4, -0.2) is 35.6 Å². The van der Waals surface area contributed by atoms with E-state index in [9.17, 15) is 14.7 Å². The summed E-state index contributed by atoms with van der Waals surface area (Å²) in [5.41, 5.74) is 0.0504. The zero-order valence-corrected chi connectivity index (χ0v) is 10.0. The van der Waals surface area contributed by atoms with E-state index in [1.54, 1.807) is 0 Å². The second-order valence-electron chi connectivity index (χ2n) is 5.50. The third-order valence-corrected chi connectivity index (χ3v) is 2.42. The number of hydrogen-bond donors (Lipinski definition) is 3. The predicted molar refractivity (Wildman–Crippen MR) is 59.6 cm³/mol. The van der Waals surface area contributed by atoms with Crippen molar-refractivity contribution in [3.05, 3.63) is 0 Å². The molecule has 5 nitrogen and oxygen atoms in total. The maximum Gasteiger partial charge on any atom is 0.244 e. The van der Waals surface area contributed by atoms with Crippen molar-refractivity contribution in [1.82, 2.24) is 10.6 Å². The van der Waals surface area contributed by atoms with Gasteiger partial charge in [-0.3, -0.25) is 14.9 Å². The molecule has 16 heavy (non-hydrogen) atoms. The van der Waals surface area contributed by atoms with Gasteiger partial charge in [0, 0.05) is 6.54 Å². The van der Waals surface area contributed by atoms with E-state index in [2.05, 4.69) is 10.6 Å². The highest BCUT2D eigenvalue weighted by Gasteiger charge is 2.30. The Morgan fingerprint density at radius 2 is 2.12 bits per heavy atom. The van der Waals surface area contributed by atoms with Gasteiger partial charge in [0.2, 0.25) is 11.8 Å². The molecule has 1 fully saturated rings. The summed E-state index contributed by atoms with van der Waals surface area (Å²) < 4.78 is 0. The zero-order chi connectivity index (χ0) is 12.3.